The molecule has 0 spiro atoms. The first-order valence-electron chi connectivity index (χ1n) is 8.74. The Hall–Kier alpha value is -2.98. The molecule has 5 N–H and O–H groups in total. The van der Waals surface area contributed by atoms with Gasteiger partial charge in [-0.1, -0.05) is 28.9 Å². The molecule has 2 rings (SSSR count). The quantitative estimate of drug-likeness (QED) is 0.216. The van der Waals surface area contributed by atoms with Gasteiger partial charge in [0.15, 0.2) is 5.84 Å². The summed E-state index contributed by atoms with van der Waals surface area (Å²) in [7, 11) is 0. The van der Waals surface area contributed by atoms with E-state index in [-0.39, 0.29) is 25.5 Å². The number of nitrogens with zero attached hydrogens (tertiary/aromatic N) is 1. The lowest BCUT2D eigenvalue weighted by Gasteiger charge is -2.19. The molecule has 0 aliphatic heterocycles. The van der Waals surface area contributed by atoms with Crippen LogP contribution >= 0.6 is 11.6 Å². The zero-order valence-corrected chi connectivity index (χ0v) is 16.4. The van der Waals surface area contributed by atoms with Crippen LogP contribution in [0, 0.1) is 0 Å². The monoisotopic (exact) mass is 444 g/mol. The summed E-state index contributed by atoms with van der Waals surface area (Å²) in [6, 6.07) is 9.33. The Kier molecular flexibility index (Phi) is 8.31. The van der Waals surface area contributed by atoms with Crippen molar-refractivity contribution in [1.82, 2.24) is 5.32 Å². The summed E-state index contributed by atoms with van der Waals surface area (Å²) >= 11 is 5.80. The third kappa shape index (κ3) is 7.45. The maximum absolute atomic E-state index is 12.7. The number of carbonyl (C=O) groups is 1. The van der Waals surface area contributed by atoms with Crippen LogP contribution < -0.4 is 16.4 Å². The lowest BCUT2D eigenvalue weighted by atomic mass is 10.0. The second-order valence-electron chi connectivity index (χ2n) is 6.13. The molecule has 0 saturated carbocycles. The van der Waals surface area contributed by atoms with Crippen LogP contribution in [0.4, 0.5) is 23.7 Å². The predicted octanol–water partition coefficient (Wildman–Crippen LogP) is 3.37. The van der Waals surface area contributed by atoms with Crippen molar-refractivity contribution in [3.05, 3.63) is 64.7 Å². The third-order valence-electron chi connectivity index (χ3n) is 3.84. The number of rotatable bonds is 8. The summed E-state index contributed by atoms with van der Waals surface area (Å²) in [5, 5.41) is 18.1. The van der Waals surface area contributed by atoms with Gasteiger partial charge in [0.05, 0.1) is 18.2 Å². The number of urea groups is 1. The number of hydrogen-bond acceptors (Lipinski definition) is 4. The summed E-state index contributed by atoms with van der Waals surface area (Å²) in [4.78, 5) is 17.1. The SMILES string of the molecule is N/C(=N\OCCO)C(Cc1ccc(C(F)(F)F)cc1)NC(=O)Nc1ccc(Cl)cc1. The van der Waals surface area contributed by atoms with E-state index in [0.29, 0.717) is 16.3 Å². The largest absolute Gasteiger partial charge is 0.416 e. The van der Waals surface area contributed by atoms with Crippen LogP contribution in [0.15, 0.2) is 53.7 Å². The van der Waals surface area contributed by atoms with E-state index in [1.807, 2.05) is 0 Å². The van der Waals surface area contributed by atoms with Crippen molar-refractivity contribution < 1.29 is 27.9 Å². The Bertz CT molecular complexity index is 859. The molecule has 7 nitrogen and oxygen atoms in total. The van der Waals surface area contributed by atoms with E-state index in [1.165, 1.54) is 12.1 Å². The summed E-state index contributed by atoms with van der Waals surface area (Å²) in [6.45, 7) is -0.393. The molecule has 0 aromatic heterocycles. The van der Waals surface area contributed by atoms with Crippen LogP contribution in [0.3, 0.4) is 0 Å². The number of aliphatic hydroxyl groups excluding tert-OH is 1. The lowest BCUT2D eigenvalue weighted by molar-refractivity contribution is -0.137. The van der Waals surface area contributed by atoms with Crippen LogP contribution in [-0.2, 0) is 17.4 Å². The fourth-order valence-electron chi connectivity index (χ4n) is 2.38. The predicted molar refractivity (Wildman–Crippen MR) is 107 cm³/mol. The maximum Gasteiger partial charge on any atom is 0.416 e. The number of oxime groups is 1. The fraction of sp³-hybridized carbons (Fsp3) is 0.263. The Morgan fingerprint density at radius 2 is 1.80 bits per heavy atom. The van der Waals surface area contributed by atoms with E-state index in [2.05, 4.69) is 15.8 Å². The van der Waals surface area contributed by atoms with E-state index < -0.39 is 23.8 Å². The molecule has 1 atom stereocenters. The highest BCUT2D eigenvalue weighted by Crippen LogP contribution is 2.29. The summed E-state index contributed by atoms with van der Waals surface area (Å²) in [5.74, 6) is -0.116. The topological polar surface area (TPSA) is 109 Å². The number of amidine groups is 1. The molecule has 11 heteroatoms. The maximum atomic E-state index is 12.7. The van der Waals surface area contributed by atoms with Gasteiger partial charge in [0.25, 0.3) is 0 Å². The highest BCUT2D eigenvalue weighted by molar-refractivity contribution is 6.30. The highest BCUT2D eigenvalue weighted by Gasteiger charge is 2.30. The third-order valence-corrected chi connectivity index (χ3v) is 4.09. The Morgan fingerprint density at radius 1 is 1.17 bits per heavy atom. The molecular formula is C19H20ClF3N4O3. The first kappa shape index (κ1) is 23.3. The number of benzene rings is 2. The molecule has 0 heterocycles. The van der Waals surface area contributed by atoms with Crippen molar-refractivity contribution >= 4 is 29.2 Å². The van der Waals surface area contributed by atoms with Gasteiger partial charge in [-0.2, -0.15) is 13.2 Å². The minimum atomic E-state index is -4.45. The number of carbonyl (C=O) groups excluding carboxylic acids is 1. The van der Waals surface area contributed by atoms with Gasteiger partial charge in [0, 0.05) is 17.1 Å². The average Bonchev–Trinajstić information content (AvgIpc) is 2.69. The Morgan fingerprint density at radius 3 is 2.37 bits per heavy atom. The number of amides is 2. The first-order chi connectivity index (χ1) is 14.2. The summed E-state index contributed by atoms with van der Waals surface area (Å²) < 4.78 is 38.2. The highest BCUT2D eigenvalue weighted by atomic mass is 35.5. The smallest absolute Gasteiger partial charge is 0.393 e. The molecule has 1 unspecified atom stereocenters. The number of alkyl halides is 3. The number of halogens is 4. The van der Waals surface area contributed by atoms with Crippen molar-refractivity contribution in [2.45, 2.75) is 18.6 Å². The molecule has 162 valence electrons. The summed E-state index contributed by atoms with van der Waals surface area (Å²) in [5.41, 5.74) is 6.04. The number of nitrogens with one attached hydrogen (secondary N) is 2. The second kappa shape index (κ2) is 10.7. The van der Waals surface area contributed by atoms with Crippen molar-refractivity contribution in [2.24, 2.45) is 10.9 Å². The molecule has 0 bridgehead atoms. The van der Waals surface area contributed by atoms with E-state index in [9.17, 15) is 18.0 Å². The van der Waals surface area contributed by atoms with E-state index in [4.69, 9.17) is 27.3 Å². The Balaban J connectivity index is 2.12. The van der Waals surface area contributed by atoms with Gasteiger partial charge in [-0.3, -0.25) is 0 Å². The van der Waals surface area contributed by atoms with Crippen LogP contribution in [0.2, 0.25) is 5.02 Å². The number of anilines is 1. The van der Waals surface area contributed by atoms with Crippen molar-refractivity contribution in [2.75, 3.05) is 18.5 Å². The first-order valence-corrected chi connectivity index (χ1v) is 9.12. The van der Waals surface area contributed by atoms with E-state index >= 15 is 0 Å². The zero-order chi connectivity index (χ0) is 22.1. The minimum Gasteiger partial charge on any atom is -0.393 e. The normalized spacial score (nSPS) is 12.9. The molecule has 0 aliphatic rings. The van der Waals surface area contributed by atoms with Gasteiger partial charge in [-0.05, 0) is 42.0 Å². The minimum absolute atomic E-state index is 0.0595. The van der Waals surface area contributed by atoms with Gasteiger partial charge >= 0.3 is 12.2 Å². The number of aliphatic hydroxyl groups is 1. The number of nitrogens with two attached hydrogens (primary N) is 1. The number of hydrogen-bond donors (Lipinski definition) is 4. The molecule has 2 aromatic carbocycles. The average molecular weight is 445 g/mol. The molecule has 0 fully saturated rings. The molecule has 0 aliphatic carbocycles. The van der Waals surface area contributed by atoms with Crippen molar-refractivity contribution in [3.8, 4) is 0 Å². The van der Waals surface area contributed by atoms with Crippen molar-refractivity contribution in [3.63, 3.8) is 0 Å². The molecule has 30 heavy (non-hydrogen) atoms. The van der Waals surface area contributed by atoms with E-state index in [0.717, 1.165) is 12.1 Å². The second-order valence-corrected chi connectivity index (χ2v) is 6.57. The fourth-order valence-corrected chi connectivity index (χ4v) is 2.50. The van der Waals surface area contributed by atoms with Crippen molar-refractivity contribution in [1.29, 1.82) is 0 Å². The standard InChI is InChI=1S/C19H20ClF3N4O3/c20-14-5-7-15(8-6-14)25-18(29)26-16(17(24)27-30-10-9-28)11-12-1-3-13(4-2-12)19(21,22)23/h1-8,16,28H,9-11H2,(H2,24,27)(H2,25,26,29). The Labute approximate surface area is 175 Å². The molecule has 0 saturated heterocycles. The van der Waals surface area contributed by atoms with E-state index in [1.54, 1.807) is 24.3 Å². The lowest BCUT2D eigenvalue weighted by Crippen LogP contribution is -2.47. The molecule has 2 aromatic rings. The van der Waals surface area contributed by atoms with Crippen LogP contribution in [0.5, 0.6) is 0 Å². The van der Waals surface area contributed by atoms with Gasteiger partial charge in [0.2, 0.25) is 0 Å². The van der Waals surface area contributed by atoms with Crippen LogP contribution in [-0.4, -0.2) is 36.2 Å². The van der Waals surface area contributed by atoms with Gasteiger partial charge in [-0.25, -0.2) is 4.79 Å². The van der Waals surface area contributed by atoms with Gasteiger partial charge in [0.1, 0.15) is 6.61 Å². The molecular weight excluding hydrogens is 425 g/mol. The van der Waals surface area contributed by atoms with Gasteiger partial charge in [-0.15, -0.1) is 0 Å². The van der Waals surface area contributed by atoms with Crippen LogP contribution in [0.1, 0.15) is 11.1 Å². The molecule has 0 radical (unpaired) electrons. The van der Waals surface area contributed by atoms with Crippen LogP contribution in [0.25, 0.3) is 0 Å². The van der Waals surface area contributed by atoms with Gasteiger partial charge < -0.3 is 26.3 Å². The zero-order valence-electron chi connectivity index (χ0n) is 15.6. The molecule has 2 amide bonds. The summed E-state index contributed by atoms with van der Waals surface area (Å²) in [6.07, 6.45) is -4.39.